The Balaban J connectivity index is 1.66. The summed E-state index contributed by atoms with van der Waals surface area (Å²) in [6.07, 6.45) is 1.66. The Bertz CT molecular complexity index is 1000. The van der Waals surface area contributed by atoms with Crippen molar-refractivity contribution in [3.8, 4) is 17.1 Å². The number of halogens is 1. The zero-order valence-electron chi connectivity index (χ0n) is 13.2. The highest BCUT2D eigenvalue weighted by Crippen LogP contribution is 2.35. The van der Waals surface area contributed by atoms with Crippen molar-refractivity contribution < 1.29 is 4.74 Å². The molecule has 3 heterocycles. The number of nitrogens with zero attached hydrogens (tertiary/aromatic N) is 4. The van der Waals surface area contributed by atoms with Gasteiger partial charge in [-0.3, -0.25) is 0 Å². The minimum Gasteiger partial charge on any atom is -0.497 e. The van der Waals surface area contributed by atoms with Crippen molar-refractivity contribution in [2.24, 2.45) is 0 Å². The summed E-state index contributed by atoms with van der Waals surface area (Å²) in [5, 5.41) is 15.9. The van der Waals surface area contributed by atoms with Gasteiger partial charge in [0.05, 0.1) is 22.5 Å². The molecular formula is C16H13BrN6OS. The van der Waals surface area contributed by atoms with Crippen LogP contribution in [0.25, 0.3) is 21.6 Å². The molecule has 3 aromatic heterocycles. The summed E-state index contributed by atoms with van der Waals surface area (Å²) in [5.74, 6) is 1.37. The number of H-pyrrole nitrogens is 1. The van der Waals surface area contributed by atoms with Gasteiger partial charge in [0.25, 0.3) is 0 Å². The fraction of sp³-hybridized carbons (Fsp3) is 0.125. The predicted molar refractivity (Wildman–Crippen MR) is 101 cm³/mol. The molecule has 0 radical (unpaired) electrons. The fourth-order valence-corrected chi connectivity index (χ4v) is 3.94. The zero-order chi connectivity index (χ0) is 17.2. The van der Waals surface area contributed by atoms with E-state index in [1.54, 1.807) is 24.6 Å². The minimum atomic E-state index is 0.542. The lowest BCUT2D eigenvalue weighted by Crippen LogP contribution is -2.04. The van der Waals surface area contributed by atoms with Crippen LogP contribution in [0.15, 0.2) is 40.3 Å². The van der Waals surface area contributed by atoms with Gasteiger partial charge in [-0.15, -0.1) is 11.3 Å². The van der Waals surface area contributed by atoms with Crippen LogP contribution >= 0.6 is 27.3 Å². The van der Waals surface area contributed by atoms with Crippen molar-refractivity contribution in [3.05, 3.63) is 45.9 Å². The maximum atomic E-state index is 5.18. The molecule has 126 valence electrons. The number of methoxy groups -OCH3 is 1. The number of hydrogen-bond donors (Lipinski definition) is 2. The second-order valence-corrected chi connectivity index (χ2v) is 6.95. The molecule has 4 rings (SSSR count). The normalized spacial score (nSPS) is 11.0. The molecule has 25 heavy (non-hydrogen) atoms. The van der Waals surface area contributed by atoms with Gasteiger partial charge in [-0.05, 0) is 33.6 Å². The molecule has 1 aromatic carbocycles. The molecule has 9 heteroatoms. The van der Waals surface area contributed by atoms with E-state index in [2.05, 4.69) is 46.6 Å². The van der Waals surface area contributed by atoms with Crippen molar-refractivity contribution in [3.63, 3.8) is 0 Å². The molecule has 0 aliphatic carbocycles. The molecule has 7 nitrogen and oxygen atoms in total. The molecule has 0 fully saturated rings. The second-order valence-electron chi connectivity index (χ2n) is 5.21. The van der Waals surface area contributed by atoms with E-state index in [1.165, 1.54) is 0 Å². The average molecular weight is 417 g/mol. The van der Waals surface area contributed by atoms with Gasteiger partial charge >= 0.3 is 0 Å². The van der Waals surface area contributed by atoms with Gasteiger partial charge in [0.15, 0.2) is 0 Å². The van der Waals surface area contributed by atoms with Crippen molar-refractivity contribution >= 4 is 43.4 Å². The summed E-state index contributed by atoms with van der Waals surface area (Å²) in [5.41, 5.74) is 3.41. The number of anilines is 1. The molecule has 0 aliphatic rings. The van der Waals surface area contributed by atoms with Crippen molar-refractivity contribution in [1.82, 2.24) is 25.4 Å². The first-order chi connectivity index (χ1) is 12.2. The molecule has 0 unspecified atom stereocenters. The monoisotopic (exact) mass is 416 g/mol. The number of aromatic amines is 1. The van der Waals surface area contributed by atoms with Crippen LogP contribution in [0.5, 0.6) is 5.75 Å². The van der Waals surface area contributed by atoms with Gasteiger partial charge in [0, 0.05) is 11.9 Å². The average Bonchev–Trinajstić information content (AvgIpc) is 3.30. The molecule has 4 aromatic rings. The summed E-state index contributed by atoms with van der Waals surface area (Å²) in [4.78, 5) is 9.24. The first-order valence-electron chi connectivity index (χ1n) is 7.42. The van der Waals surface area contributed by atoms with Crippen molar-refractivity contribution in [1.29, 1.82) is 0 Å². The SMILES string of the molecule is COc1ccc(CNc2nc(-c3cn[nH]n3)c3scc(Br)c3n2)cc1. The maximum Gasteiger partial charge on any atom is 0.224 e. The van der Waals surface area contributed by atoms with E-state index in [0.29, 0.717) is 18.2 Å². The number of nitrogens with one attached hydrogen (secondary N) is 2. The Morgan fingerprint density at radius 2 is 2.08 bits per heavy atom. The van der Waals surface area contributed by atoms with E-state index in [9.17, 15) is 0 Å². The van der Waals surface area contributed by atoms with E-state index < -0.39 is 0 Å². The van der Waals surface area contributed by atoms with Gasteiger partial charge in [-0.2, -0.15) is 15.4 Å². The van der Waals surface area contributed by atoms with Crippen LogP contribution in [0.4, 0.5) is 5.95 Å². The fourth-order valence-electron chi connectivity index (χ4n) is 2.38. The molecule has 0 spiro atoms. The maximum absolute atomic E-state index is 5.18. The smallest absolute Gasteiger partial charge is 0.224 e. The zero-order valence-corrected chi connectivity index (χ0v) is 15.6. The van der Waals surface area contributed by atoms with Gasteiger partial charge < -0.3 is 10.1 Å². The highest BCUT2D eigenvalue weighted by atomic mass is 79.9. The quantitative estimate of drug-likeness (QED) is 0.513. The van der Waals surface area contributed by atoms with Gasteiger partial charge in [0.2, 0.25) is 5.95 Å². The highest BCUT2D eigenvalue weighted by Gasteiger charge is 2.15. The van der Waals surface area contributed by atoms with E-state index in [1.807, 2.05) is 29.6 Å². The van der Waals surface area contributed by atoms with Crippen LogP contribution in [0, 0.1) is 0 Å². The van der Waals surface area contributed by atoms with Crippen LogP contribution in [-0.2, 0) is 6.54 Å². The Kier molecular flexibility index (Phi) is 4.33. The van der Waals surface area contributed by atoms with Gasteiger partial charge in [-0.25, -0.2) is 9.97 Å². The largest absolute Gasteiger partial charge is 0.497 e. The van der Waals surface area contributed by atoms with Gasteiger partial charge in [-0.1, -0.05) is 12.1 Å². The molecule has 0 saturated carbocycles. The number of rotatable bonds is 5. The van der Waals surface area contributed by atoms with Crippen LogP contribution < -0.4 is 10.1 Å². The van der Waals surface area contributed by atoms with Crippen molar-refractivity contribution in [2.75, 3.05) is 12.4 Å². The van der Waals surface area contributed by atoms with Crippen LogP contribution in [0.1, 0.15) is 5.56 Å². The minimum absolute atomic E-state index is 0.542. The Morgan fingerprint density at radius 3 is 2.80 bits per heavy atom. The number of thiophene rings is 1. The summed E-state index contributed by atoms with van der Waals surface area (Å²) in [6, 6.07) is 7.86. The third-order valence-electron chi connectivity index (χ3n) is 3.64. The lowest BCUT2D eigenvalue weighted by atomic mass is 10.2. The third kappa shape index (κ3) is 3.20. The van der Waals surface area contributed by atoms with Gasteiger partial charge in [0.1, 0.15) is 22.7 Å². The topological polar surface area (TPSA) is 88.6 Å². The van der Waals surface area contributed by atoms with Crippen LogP contribution in [0.2, 0.25) is 0 Å². The molecule has 0 aliphatic heterocycles. The Hall–Kier alpha value is -2.52. The number of hydrogen-bond acceptors (Lipinski definition) is 7. The Morgan fingerprint density at radius 1 is 1.24 bits per heavy atom. The first kappa shape index (κ1) is 16.0. The van der Waals surface area contributed by atoms with E-state index in [0.717, 1.165) is 31.7 Å². The number of aromatic nitrogens is 5. The molecule has 2 N–H and O–H groups in total. The van der Waals surface area contributed by atoms with E-state index in [-0.39, 0.29) is 0 Å². The number of ether oxygens (including phenoxy) is 1. The lowest BCUT2D eigenvalue weighted by Gasteiger charge is -2.08. The van der Waals surface area contributed by atoms with Crippen LogP contribution in [-0.4, -0.2) is 32.5 Å². The standard InChI is InChI=1S/C16H13BrN6OS/c1-24-10-4-2-9(3-5-10)6-18-16-20-13-11(17)8-25-15(13)14(21-16)12-7-19-23-22-12/h2-5,7-8H,6H2,1H3,(H,18,20,21)(H,19,22,23). The summed E-state index contributed by atoms with van der Waals surface area (Å²) >= 11 is 5.12. The molecule has 0 amide bonds. The highest BCUT2D eigenvalue weighted by molar-refractivity contribution is 9.10. The number of fused-ring (bicyclic) bond motifs is 1. The second kappa shape index (κ2) is 6.77. The molecule has 0 bridgehead atoms. The Labute approximate surface area is 155 Å². The molecule has 0 saturated heterocycles. The predicted octanol–water partition coefficient (Wildman–Crippen LogP) is 3.86. The van der Waals surface area contributed by atoms with E-state index >= 15 is 0 Å². The van der Waals surface area contributed by atoms with Crippen LogP contribution in [0.3, 0.4) is 0 Å². The number of benzene rings is 1. The molecule has 0 atom stereocenters. The third-order valence-corrected chi connectivity index (χ3v) is 5.52. The summed E-state index contributed by atoms with van der Waals surface area (Å²) in [6.45, 7) is 0.607. The first-order valence-corrected chi connectivity index (χ1v) is 9.09. The summed E-state index contributed by atoms with van der Waals surface area (Å²) < 4.78 is 7.08. The summed E-state index contributed by atoms with van der Waals surface area (Å²) in [7, 11) is 1.65. The van der Waals surface area contributed by atoms with Crippen molar-refractivity contribution in [2.45, 2.75) is 6.54 Å². The molecular weight excluding hydrogens is 404 g/mol. The van der Waals surface area contributed by atoms with E-state index in [4.69, 9.17) is 4.74 Å². The lowest BCUT2D eigenvalue weighted by molar-refractivity contribution is 0.414.